The molecule has 1 unspecified atom stereocenters. The number of amides is 1. The predicted molar refractivity (Wildman–Crippen MR) is 76.5 cm³/mol. The van der Waals surface area contributed by atoms with Crippen LogP contribution < -0.4 is 5.73 Å². The molecule has 1 atom stereocenters. The van der Waals surface area contributed by atoms with Crippen molar-refractivity contribution in [1.29, 1.82) is 0 Å². The van der Waals surface area contributed by atoms with Crippen molar-refractivity contribution in [1.82, 2.24) is 4.90 Å². The zero-order chi connectivity index (χ0) is 15.8. The molecule has 0 spiro atoms. The minimum Gasteiger partial charge on any atom is -0.385 e. The smallest absolute Gasteiger partial charge is 0.239 e. The molecule has 0 radical (unpaired) electrons. The fourth-order valence-electron chi connectivity index (χ4n) is 2.01. The summed E-state index contributed by atoms with van der Waals surface area (Å²) in [5.74, 6) is -2.01. The largest absolute Gasteiger partial charge is 0.385 e. The van der Waals surface area contributed by atoms with E-state index in [1.165, 1.54) is 11.0 Å². The number of ether oxygens (including phenoxy) is 1. The molecule has 6 heteroatoms. The number of hydrogen-bond donors (Lipinski definition) is 1. The van der Waals surface area contributed by atoms with Crippen LogP contribution in [0.1, 0.15) is 25.3 Å². The van der Waals surface area contributed by atoms with Crippen LogP contribution in [0.15, 0.2) is 18.2 Å². The zero-order valence-electron chi connectivity index (χ0n) is 12.4. The Morgan fingerprint density at radius 3 is 2.67 bits per heavy atom. The molecular weight excluding hydrogens is 278 g/mol. The normalized spacial score (nSPS) is 12.2. The van der Waals surface area contributed by atoms with Crippen molar-refractivity contribution in [2.45, 2.75) is 32.4 Å². The third-order valence-corrected chi connectivity index (χ3v) is 3.23. The van der Waals surface area contributed by atoms with Crippen LogP contribution in [0.25, 0.3) is 0 Å². The number of methoxy groups -OCH3 is 1. The van der Waals surface area contributed by atoms with Crippen molar-refractivity contribution in [3.63, 3.8) is 0 Å². The molecule has 0 saturated heterocycles. The van der Waals surface area contributed by atoms with Gasteiger partial charge in [-0.1, -0.05) is 6.07 Å². The first-order valence-corrected chi connectivity index (χ1v) is 6.96. The minimum atomic E-state index is -0.916. The third kappa shape index (κ3) is 5.40. The quantitative estimate of drug-likeness (QED) is 0.748. The van der Waals surface area contributed by atoms with E-state index in [4.69, 9.17) is 10.5 Å². The van der Waals surface area contributed by atoms with Gasteiger partial charge in [-0.05, 0) is 37.5 Å². The maximum atomic E-state index is 13.2. The lowest BCUT2D eigenvalue weighted by Gasteiger charge is -2.24. The van der Waals surface area contributed by atoms with Crippen LogP contribution in [0, 0.1) is 11.6 Å². The Morgan fingerprint density at radius 2 is 2.10 bits per heavy atom. The molecule has 0 aliphatic carbocycles. The zero-order valence-corrected chi connectivity index (χ0v) is 12.4. The lowest BCUT2D eigenvalue weighted by atomic mass is 10.1. The number of halogens is 2. The Morgan fingerprint density at radius 1 is 1.38 bits per heavy atom. The number of nitrogens with zero attached hydrogens (tertiary/aromatic N) is 1. The molecule has 0 bridgehead atoms. The summed E-state index contributed by atoms with van der Waals surface area (Å²) in [6, 6.07) is 3.01. The maximum Gasteiger partial charge on any atom is 0.239 e. The minimum absolute atomic E-state index is 0.196. The van der Waals surface area contributed by atoms with Gasteiger partial charge in [0.2, 0.25) is 5.91 Å². The second-order valence-corrected chi connectivity index (χ2v) is 4.84. The van der Waals surface area contributed by atoms with Crippen molar-refractivity contribution >= 4 is 5.91 Å². The molecule has 0 aliphatic rings. The number of likely N-dealkylation sites (N-methyl/N-ethyl adjacent to an activating group) is 1. The van der Waals surface area contributed by atoms with Gasteiger partial charge >= 0.3 is 0 Å². The molecule has 0 saturated carbocycles. The van der Waals surface area contributed by atoms with Crippen LogP contribution in [0.5, 0.6) is 0 Å². The molecule has 0 fully saturated rings. The molecule has 0 aliphatic heterocycles. The van der Waals surface area contributed by atoms with Gasteiger partial charge in [0, 0.05) is 26.8 Å². The fraction of sp³-hybridized carbons (Fsp3) is 0.533. The number of benzene rings is 1. The van der Waals surface area contributed by atoms with Crippen molar-refractivity contribution in [3.05, 3.63) is 35.4 Å². The van der Waals surface area contributed by atoms with Crippen molar-refractivity contribution < 1.29 is 18.3 Å². The molecule has 21 heavy (non-hydrogen) atoms. The Hall–Kier alpha value is -1.53. The number of rotatable bonds is 8. The predicted octanol–water partition coefficient (Wildman–Crippen LogP) is 2.07. The topological polar surface area (TPSA) is 55.6 Å². The number of nitrogens with two attached hydrogens (primary N) is 1. The fourth-order valence-corrected chi connectivity index (χ4v) is 2.01. The Bertz CT molecular complexity index is 469. The van der Waals surface area contributed by atoms with E-state index in [9.17, 15) is 13.6 Å². The Balaban J connectivity index is 2.64. The summed E-state index contributed by atoms with van der Waals surface area (Å²) in [7, 11) is 1.59. The number of carbonyl (C=O) groups excluding carboxylic acids is 1. The second-order valence-electron chi connectivity index (χ2n) is 4.84. The molecule has 1 aromatic rings. The lowest BCUT2D eigenvalue weighted by molar-refractivity contribution is -0.133. The number of hydrogen-bond acceptors (Lipinski definition) is 3. The molecule has 0 heterocycles. The molecule has 1 aromatic carbocycles. The standard InChI is InChI=1S/C15H22F2N2O2/c1-3-19(15(20)14(18)5-4-8-21-2)10-11-6-7-12(16)13(17)9-11/h6-7,9,14H,3-5,8,10,18H2,1-2H3. The summed E-state index contributed by atoms with van der Waals surface area (Å²) in [5, 5.41) is 0. The second kappa shape index (κ2) is 8.69. The molecule has 4 nitrogen and oxygen atoms in total. The first kappa shape index (κ1) is 17.5. The van der Waals surface area contributed by atoms with E-state index < -0.39 is 17.7 Å². The number of carbonyl (C=O) groups is 1. The lowest BCUT2D eigenvalue weighted by Crippen LogP contribution is -2.43. The van der Waals surface area contributed by atoms with Crippen LogP contribution in [0.2, 0.25) is 0 Å². The summed E-state index contributed by atoms with van der Waals surface area (Å²) in [6.45, 7) is 3.04. The van der Waals surface area contributed by atoms with E-state index in [1.807, 2.05) is 6.92 Å². The van der Waals surface area contributed by atoms with Crippen LogP contribution in [-0.2, 0) is 16.1 Å². The average molecular weight is 300 g/mol. The van der Waals surface area contributed by atoms with Crippen LogP contribution in [0.4, 0.5) is 8.78 Å². The third-order valence-electron chi connectivity index (χ3n) is 3.23. The summed E-state index contributed by atoms with van der Waals surface area (Å²) in [5.41, 5.74) is 6.40. The van der Waals surface area contributed by atoms with Gasteiger partial charge in [-0.3, -0.25) is 4.79 Å². The Kier molecular flexibility index (Phi) is 7.25. The van der Waals surface area contributed by atoms with Crippen LogP contribution in [0.3, 0.4) is 0 Å². The van der Waals surface area contributed by atoms with Gasteiger partial charge in [0.05, 0.1) is 6.04 Å². The highest BCUT2D eigenvalue weighted by Crippen LogP contribution is 2.12. The van der Waals surface area contributed by atoms with E-state index in [0.29, 0.717) is 31.6 Å². The molecule has 2 N–H and O–H groups in total. The average Bonchev–Trinajstić information content (AvgIpc) is 2.47. The summed E-state index contributed by atoms with van der Waals surface area (Å²) >= 11 is 0. The highest BCUT2D eigenvalue weighted by atomic mass is 19.2. The van der Waals surface area contributed by atoms with Gasteiger partial charge in [-0.15, -0.1) is 0 Å². The first-order valence-electron chi connectivity index (χ1n) is 6.96. The summed E-state index contributed by atoms with van der Waals surface area (Å²) in [4.78, 5) is 13.7. The molecule has 1 rings (SSSR count). The first-order chi connectivity index (χ1) is 9.99. The van der Waals surface area contributed by atoms with E-state index in [2.05, 4.69) is 0 Å². The highest BCUT2D eigenvalue weighted by Gasteiger charge is 2.20. The monoisotopic (exact) mass is 300 g/mol. The maximum absolute atomic E-state index is 13.2. The molecule has 1 amide bonds. The van der Waals surface area contributed by atoms with Gasteiger partial charge in [0.15, 0.2) is 11.6 Å². The summed E-state index contributed by atoms with van der Waals surface area (Å²) < 4.78 is 31.0. The highest BCUT2D eigenvalue weighted by molar-refractivity contribution is 5.81. The Labute approximate surface area is 123 Å². The summed E-state index contributed by atoms with van der Waals surface area (Å²) in [6.07, 6.45) is 1.23. The van der Waals surface area contributed by atoms with E-state index in [1.54, 1.807) is 7.11 Å². The van der Waals surface area contributed by atoms with E-state index in [0.717, 1.165) is 12.1 Å². The SMILES string of the molecule is CCN(Cc1ccc(F)c(F)c1)C(=O)C(N)CCCOC. The van der Waals surface area contributed by atoms with Gasteiger partial charge in [0.25, 0.3) is 0 Å². The van der Waals surface area contributed by atoms with E-state index >= 15 is 0 Å². The van der Waals surface area contributed by atoms with Gasteiger partial charge in [0.1, 0.15) is 0 Å². The molecule has 118 valence electrons. The van der Waals surface area contributed by atoms with Crippen molar-refractivity contribution in [3.8, 4) is 0 Å². The van der Waals surface area contributed by atoms with Crippen molar-refractivity contribution in [2.75, 3.05) is 20.3 Å². The van der Waals surface area contributed by atoms with Crippen LogP contribution >= 0.6 is 0 Å². The molecule has 0 aromatic heterocycles. The van der Waals surface area contributed by atoms with Crippen molar-refractivity contribution in [2.24, 2.45) is 5.73 Å². The van der Waals surface area contributed by atoms with Gasteiger partial charge in [-0.2, -0.15) is 0 Å². The van der Waals surface area contributed by atoms with Gasteiger partial charge in [-0.25, -0.2) is 8.78 Å². The molecular formula is C15H22F2N2O2. The van der Waals surface area contributed by atoms with Crippen LogP contribution in [-0.4, -0.2) is 37.1 Å². The van der Waals surface area contributed by atoms with Gasteiger partial charge < -0.3 is 15.4 Å². The van der Waals surface area contributed by atoms with E-state index in [-0.39, 0.29) is 12.5 Å².